The van der Waals surface area contributed by atoms with E-state index in [2.05, 4.69) is 15.3 Å². The first-order valence-corrected chi connectivity index (χ1v) is 3.45. The number of fused-ring (bicyclic) bond motifs is 1. The Morgan fingerprint density at radius 1 is 1.55 bits per heavy atom. The molecule has 1 aromatic heterocycles. The number of hydrogen-bond donors (Lipinski definition) is 1. The van der Waals surface area contributed by atoms with E-state index in [0.29, 0.717) is 11.5 Å². The van der Waals surface area contributed by atoms with Gasteiger partial charge >= 0.3 is 0 Å². The summed E-state index contributed by atoms with van der Waals surface area (Å²) in [5.41, 5.74) is 7.14. The molecule has 2 heterocycles. The second kappa shape index (κ2) is 1.81. The minimum atomic E-state index is 0.000926. The van der Waals surface area contributed by atoms with E-state index >= 15 is 0 Å². The number of azo groups is 1. The fourth-order valence-electron chi connectivity index (χ4n) is 1.10. The Morgan fingerprint density at radius 2 is 2.27 bits per heavy atom. The normalized spacial score (nSPS) is 20.7. The monoisotopic (exact) mass is 151 g/mol. The average Bonchev–Trinajstić information content (AvgIpc) is 2.43. The molecule has 1 atom stereocenters. The van der Waals surface area contributed by atoms with Gasteiger partial charge in [-0.15, -0.1) is 5.11 Å². The smallest absolute Gasteiger partial charge is 0.198 e. The summed E-state index contributed by atoms with van der Waals surface area (Å²) >= 11 is 0. The minimum Gasteiger partial charge on any atom is -0.394 e. The number of anilines is 1. The highest BCUT2D eigenvalue weighted by Crippen LogP contribution is 2.34. The van der Waals surface area contributed by atoms with Crippen molar-refractivity contribution in [3.63, 3.8) is 0 Å². The van der Waals surface area contributed by atoms with E-state index in [1.807, 2.05) is 13.8 Å². The van der Waals surface area contributed by atoms with Crippen LogP contribution in [0.3, 0.4) is 0 Å². The molecule has 1 unspecified atom stereocenters. The van der Waals surface area contributed by atoms with E-state index in [9.17, 15) is 0 Å². The summed E-state index contributed by atoms with van der Waals surface area (Å²) in [5, 5.41) is 12.0. The molecule has 0 spiro atoms. The van der Waals surface area contributed by atoms with E-state index in [1.165, 1.54) is 0 Å². The fraction of sp³-hybridized carbons (Fsp3) is 0.500. The number of nitrogens with two attached hydrogens (primary N) is 1. The van der Waals surface area contributed by atoms with Crippen molar-refractivity contribution in [2.45, 2.75) is 20.0 Å². The Morgan fingerprint density at radius 3 is 2.91 bits per heavy atom. The van der Waals surface area contributed by atoms with Crippen LogP contribution in [0.4, 0.5) is 11.5 Å². The number of nitrogen functional groups attached to an aromatic ring is 1. The molecule has 0 saturated heterocycles. The first-order chi connectivity index (χ1) is 5.20. The zero-order valence-corrected chi connectivity index (χ0v) is 6.44. The molecule has 0 fully saturated rings. The maximum Gasteiger partial charge on any atom is 0.198 e. The second-order valence-corrected chi connectivity index (χ2v) is 2.61. The highest BCUT2D eigenvalue weighted by atomic mass is 15.5. The van der Waals surface area contributed by atoms with Crippen molar-refractivity contribution in [2.75, 3.05) is 5.73 Å². The van der Waals surface area contributed by atoms with Crippen LogP contribution in [-0.4, -0.2) is 9.78 Å². The second-order valence-electron chi connectivity index (χ2n) is 2.61. The van der Waals surface area contributed by atoms with Crippen molar-refractivity contribution in [2.24, 2.45) is 10.2 Å². The predicted octanol–water partition coefficient (Wildman–Crippen LogP) is 1.39. The summed E-state index contributed by atoms with van der Waals surface area (Å²) < 4.78 is 1.73. The molecule has 5 nitrogen and oxygen atoms in total. The Bertz CT molecular complexity index is 324. The lowest BCUT2D eigenvalue weighted by molar-refractivity contribution is 0.534. The maximum absolute atomic E-state index is 5.68. The van der Waals surface area contributed by atoms with Gasteiger partial charge in [-0.2, -0.15) is 10.2 Å². The predicted molar refractivity (Wildman–Crippen MR) is 40.6 cm³/mol. The van der Waals surface area contributed by atoms with Gasteiger partial charge in [-0.1, -0.05) is 0 Å². The standard InChI is InChI=1S/C6H9N5/c1-3-5(7)6-9-8-4(2)11(6)10-3/h4H,7H2,1-2H3. The van der Waals surface area contributed by atoms with Gasteiger partial charge in [-0.05, 0) is 13.8 Å². The Labute approximate surface area is 63.9 Å². The molecule has 0 bridgehead atoms. The van der Waals surface area contributed by atoms with Crippen molar-refractivity contribution in [1.29, 1.82) is 0 Å². The summed E-state index contributed by atoms with van der Waals surface area (Å²) in [5.74, 6) is 0.690. The van der Waals surface area contributed by atoms with Crippen molar-refractivity contribution in [3.8, 4) is 0 Å². The Hall–Kier alpha value is -1.39. The van der Waals surface area contributed by atoms with Crippen molar-refractivity contribution in [1.82, 2.24) is 9.78 Å². The van der Waals surface area contributed by atoms with Crippen LogP contribution in [0.2, 0.25) is 0 Å². The van der Waals surface area contributed by atoms with Crippen molar-refractivity contribution >= 4 is 11.5 Å². The van der Waals surface area contributed by atoms with E-state index < -0.39 is 0 Å². The lowest BCUT2D eigenvalue weighted by atomic mass is 10.4. The van der Waals surface area contributed by atoms with Gasteiger partial charge in [-0.25, -0.2) is 4.68 Å². The minimum absolute atomic E-state index is 0.000926. The molecule has 5 heteroatoms. The summed E-state index contributed by atoms with van der Waals surface area (Å²) in [7, 11) is 0. The lowest BCUT2D eigenvalue weighted by Crippen LogP contribution is -1.98. The first-order valence-electron chi connectivity index (χ1n) is 3.45. The summed E-state index contributed by atoms with van der Waals surface area (Å²) in [6.07, 6.45) is 0.000926. The van der Waals surface area contributed by atoms with Gasteiger partial charge < -0.3 is 5.73 Å². The molecule has 58 valence electrons. The molecule has 2 rings (SSSR count). The molecule has 0 aromatic carbocycles. The number of aryl methyl sites for hydroxylation is 1. The molecule has 0 radical (unpaired) electrons. The van der Waals surface area contributed by atoms with Crippen molar-refractivity contribution < 1.29 is 0 Å². The first kappa shape index (κ1) is 6.33. The molecule has 1 aliphatic heterocycles. The van der Waals surface area contributed by atoms with Gasteiger partial charge in [-0.3, -0.25) is 0 Å². The summed E-state index contributed by atoms with van der Waals surface area (Å²) in [6, 6.07) is 0. The molecule has 0 amide bonds. The highest BCUT2D eigenvalue weighted by molar-refractivity contribution is 5.61. The molecule has 0 aliphatic carbocycles. The van der Waals surface area contributed by atoms with Gasteiger partial charge in [0.25, 0.3) is 0 Å². The summed E-state index contributed by atoms with van der Waals surface area (Å²) in [6.45, 7) is 3.79. The average molecular weight is 151 g/mol. The third-order valence-electron chi connectivity index (χ3n) is 1.78. The Balaban J connectivity index is 2.65. The fourth-order valence-corrected chi connectivity index (χ4v) is 1.10. The van der Waals surface area contributed by atoms with Crippen LogP contribution < -0.4 is 5.73 Å². The van der Waals surface area contributed by atoms with Crippen LogP contribution in [0, 0.1) is 6.92 Å². The van der Waals surface area contributed by atoms with Crippen molar-refractivity contribution in [3.05, 3.63) is 5.69 Å². The van der Waals surface area contributed by atoms with Gasteiger partial charge in [0.15, 0.2) is 12.0 Å². The third-order valence-corrected chi connectivity index (χ3v) is 1.78. The van der Waals surface area contributed by atoms with Crippen LogP contribution in [0.15, 0.2) is 10.2 Å². The van der Waals surface area contributed by atoms with Crippen LogP contribution in [0.1, 0.15) is 18.8 Å². The molecule has 11 heavy (non-hydrogen) atoms. The van der Waals surface area contributed by atoms with Crippen LogP contribution in [-0.2, 0) is 0 Å². The van der Waals surface area contributed by atoms with E-state index in [0.717, 1.165) is 5.69 Å². The third kappa shape index (κ3) is 0.675. The molecule has 0 saturated carbocycles. The number of rotatable bonds is 0. The number of nitrogens with zero attached hydrogens (tertiary/aromatic N) is 4. The summed E-state index contributed by atoms with van der Waals surface area (Å²) in [4.78, 5) is 0. The zero-order valence-electron chi connectivity index (χ0n) is 6.44. The molecule has 1 aliphatic rings. The van der Waals surface area contributed by atoms with E-state index in [4.69, 9.17) is 5.73 Å². The Kier molecular flexibility index (Phi) is 1.04. The molecule has 2 N–H and O–H groups in total. The van der Waals surface area contributed by atoms with Crippen LogP contribution in [0.5, 0.6) is 0 Å². The molecular weight excluding hydrogens is 142 g/mol. The van der Waals surface area contributed by atoms with Gasteiger partial charge in [0, 0.05) is 0 Å². The zero-order chi connectivity index (χ0) is 8.01. The topological polar surface area (TPSA) is 68.6 Å². The van der Waals surface area contributed by atoms with E-state index in [1.54, 1.807) is 4.68 Å². The quantitative estimate of drug-likeness (QED) is 0.608. The highest BCUT2D eigenvalue weighted by Gasteiger charge is 2.20. The van der Waals surface area contributed by atoms with Gasteiger partial charge in [0.2, 0.25) is 0 Å². The van der Waals surface area contributed by atoms with Crippen LogP contribution in [0.25, 0.3) is 0 Å². The number of aromatic nitrogens is 2. The number of hydrogen-bond acceptors (Lipinski definition) is 4. The maximum atomic E-state index is 5.68. The van der Waals surface area contributed by atoms with Crippen LogP contribution >= 0.6 is 0 Å². The van der Waals surface area contributed by atoms with Gasteiger partial charge in [0.05, 0.1) is 5.69 Å². The largest absolute Gasteiger partial charge is 0.394 e. The van der Waals surface area contributed by atoms with Gasteiger partial charge in [0.1, 0.15) is 5.69 Å². The molecule has 1 aromatic rings. The SMILES string of the molecule is Cc1nn2c(c1N)N=NC2C. The lowest BCUT2D eigenvalue weighted by Gasteiger charge is -1.96. The molecular formula is C6H9N5. The van der Waals surface area contributed by atoms with E-state index in [-0.39, 0.29) is 6.17 Å².